The third-order valence-corrected chi connectivity index (χ3v) is 3.21. The third kappa shape index (κ3) is 1.74. The van der Waals surface area contributed by atoms with Crippen molar-refractivity contribution in [3.05, 3.63) is 64.7 Å². The van der Waals surface area contributed by atoms with Crippen molar-refractivity contribution in [1.29, 1.82) is 0 Å². The second kappa shape index (κ2) is 4.35. The summed E-state index contributed by atoms with van der Waals surface area (Å²) in [5.74, 6) is 0.391. The number of hydrogen-bond donors (Lipinski definition) is 0. The predicted octanol–water partition coefficient (Wildman–Crippen LogP) is 2.86. The highest BCUT2D eigenvalue weighted by Gasteiger charge is 2.29. The Kier molecular flexibility index (Phi) is 2.67. The van der Waals surface area contributed by atoms with Crippen LogP contribution in [-0.2, 0) is 0 Å². The Bertz CT molecular complexity index is 686. The van der Waals surface area contributed by atoms with Gasteiger partial charge < -0.3 is 4.74 Å². The maximum Gasteiger partial charge on any atom is 0.194 e. The lowest BCUT2D eigenvalue weighted by atomic mass is 9.84. The van der Waals surface area contributed by atoms with E-state index in [4.69, 9.17) is 4.74 Å². The van der Waals surface area contributed by atoms with Crippen LogP contribution in [0, 0.1) is 0 Å². The quantitative estimate of drug-likeness (QED) is 0.704. The Morgan fingerprint density at radius 1 is 0.842 bits per heavy atom. The van der Waals surface area contributed by atoms with Gasteiger partial charge >= 0.3 is 0 Å². The van der Waals surface area contributed by atoms with E-state index in [-0.39, 0.29) is 11.6 Å². The second-order valence-corrected chi connectivity index (χ2v) is 4.34. The van der Waals surface area contributed by atoms with E-state index in [0.29, 0.717) is 34.6 Å². The largest absolute Gasteiger partial charge is 0.494 e. The van der Waals surface area contributed by atoms with Crippen molar-refractivity contribution in [2.75, 3.05) is 6.61 Å². The summed E-state index contributed by atoms with van der Waals surface area (Å²) < 4.78 is 5.38. The summed E-state index contributed by atoms with van der Waals surface area (Å²) >= 11 is 0. The van der Waals surface area contributed by atoms with Crippen LogP contribution in [0.4, 0.5) is 0 Å². The fourth-order valence-corrected chi connectivity index (χ4v) is 2.33. The van der Waals surface area contributed by atoms with Gasteiger partial charge in [0.1, 0.15) is 5.75 Å². The monoisotopic (exact) mass is 252 g/mol. The molecule has 0 heterocycles. The smallest absolute Gasteiger partial charge is 0.194 e. The maximum absolute atomic E-state index is 12.4. The van der Waals surface area contributed by atoms with Gasteiger partial charge in [0.15, 0.2) is 11.6 Å². The number of hydrogen-bond acceptors (Lipinski definition) is 3. The summed E-state index contributed by atoms with van der Waals surface area (Å²) in [6.45, 7) is 2.40. The molecule has 94 valence electrons. The Morgan fingerprint density at radius 3 is 2.05 bits per heavy atom. The highest BCUT2D eigenvalue weighted by atomic mass is 16.5. The first kappa shape index (κ1) is 11.7. The molecule has 0 fully saturated rings. The third-order valence-electron chi connectivity index (χ3n) is 3.21. The number of fused-ring (bicyclic) bond motifs is 2. The number of carbonyl (C=O) groups is 2. The molecular formula is C16H12O3. The van der Waals surface area contributed by atoms with Gasteiger partial charge in [0.2, 0.25) is 0 Å². The molecule has 1 aliphatic rings. The van der Waals surface area contributed by atoms with Crippen LogP contribution in [0.5, 0.6) is 5.75 Å². The van der Waals surface area contributed by atoms with Gasteiger partial charge in [-0.2, -0.15) is 0 Å². The van der Waals surface area contributed by atoms with E-state index in [0.717, 1.165) is 0 Å². The standard InChI is InChI=1S/C16H12O3/c1-2-19-10-7-8-13-14(9-10)16(18)12-6-4-3-5-11(12)15(13)17/h3-9H,2H2,1H3. The first-order valence-electron chi connectivity index (χ1n) is 6.17. The molecule has 0 radical (unpaired) electrons. The number of benzene rings is 2. The van der Waals surface area contributed by atoms with Crippen LogP contribution < -0.4 is 4.74 Å². The predicted molar refractivity (Wildman–Crippen MR) is 70.9 cm³/mol. The molecule has 0 amide bonds. The average Bonchev–Trinajstić information content (AvgIpc) is 2.45. The zero-order valence-electron chi connectivity index (χ0n) is 10.5. The lowest BCUT2D eigenvalue weighted by molar-refractivity contribution is 0.0979. The van der Waals surface area contributed by atoms with Crippen molar-refractivity contribution in [3.8, 4) is 5.75 Å². The normalized spacial score (nSPS) is 12.9. The summed E-state index contributed by atoms with van der Waals surface area (Å²) in [5.41, 5.74) is 1.82. The molecule has 3 rings (SSSR count). The second-order valence-electron chi connectivity index (χ2n) is 4.34. The molecule has 0 N–H and O–H groups in total. The fraction of sp³-hybridized carbons (Fsp3) is 0.125. The number of rotatable bonds is 2. The summed E-state index contributed by atoms with van der Waals surface area (Å²) in [6, 6.07) is 11.9. The minimum atomic E-state index is -0.119. The lowest BCUT2D eigenvalue weighted by Gasteiger charge is -2.17. The molecule has 1 aliphatic carbocycles. The SMILES string of the molecule is CCOc1ccc2c(c1)C(=O)c1ccccc1C2=O. The molecule has 0 saturated heterocycles. The van der Waals surface area contributed by atoms with Gasteiger partial charge in [-0.05, 0) is 25.1 Å². The molecule has 0 atom stereocenters. The molecule has 0 aliphatic heterocycles. The molecule has 2 aromatic rings. The molecule has 0 spiro atoms. The van der Waals surface area contributed by atoms with Crippen LogP contribution in [0.1, 0.15) is 38.8 Å². The van der Waals surface area contributed by atoms with Crippen LogP contribution in [-0.4, -0.2) is 18.2 Å². The van der Waals surface area contributed by atoms with E-state index in [1.54, 1.807) is 42.5 Å². The molecule has 3 nitrogen and oxygen atoms in total. The fourth-order valence-electron chi connectivity index (χ4n) is 2.33. The Labute approximate surface area is 110 Å². The Hall–Kier alpha value is -2.42. The first-order valence-corrected chi connectivity index (χ1v) is 6.17. The van der Waals surface area contributed by atoms with Gasteiger partial charge in [0.05, 0.1) is 6.61 Å². The van der Waals surface area contributed by atoms with Crippen molar-refractivity contribution in [3.63, 3.8) is 0 Å². The van der Waals surface area contributed by atoms with Crippen molar-refractivity contribution in [1.82, 2.24) is 0 Å². The van der Waals surface area contributed by atoms with Gasteiger partial charge in [0.25, 0.3) is 0 Å². The van der Waals surface area contributed by atoms with Crippen molar-refractivity contribution < 1.29 is 14.3 Å². The van der Waals surface area contributed by atoms with Crippen molar-refractivity contribution in [2.45, 2.75) is 6.92 Å². The van der Waals surface area contributed by atoms with E-state index >= 15 is 0 Å². The molecule has 0 saturated carbocycles. The molecule has 2 aromatic carbocycles. The van der Waals surface area contributed by atoms with Crippen molar-refractivity contribution in [2.24, 2.45) is 0 Å². The van der Waals surface area contributed by atoms with Crippen LogP contribution in [0.15, 0.2) is 42.5 Å². The van der Waals surface area contributed by atoms with E-state index in [2.05, 4.69) is 0 Å². The molecular weight excluding hydrogens is 240 g/mol. The summed E-state index contributed by atoms with van der Waals surface area (Å²) in [6.07, 6.45) is 0. The zero-order valence-corrected chi connectivity index (χ0v) is 10.5. The van der Waals surface area contributed by atoms with Crippen LogP contribution >= 0.6 is 0 Å². The van der Waals surface area contributed by atoms with E-state index in [9.17, 15) is 9.59 Å². The van der Waals surface area contributed by atoms with E-state index in [1.165, 1.54) is 0 Å². The topological polar surface area (TPSA) is 43.4 Å². The minimum Gasteiger partial charge on any atom is -0.494 e. The van der Waals surface area contributed by atoms with Gasteiger partial charge in [0, 0.05) is 22.3 Å². The first-order chi connectivity index (χ1) is 9.22. The van der Waals surface area contributed by atoms with Gasteiger partial charge in [-0.25, -0.2) is 0 Å². The Balaban J connectivity index is 2.18. The number of carbonyl (C=O) groups excluding carboxylic acids is 2. The highest BCUT2D eigenvalue weighted by molar-refractivity contribution is 6.28. The molecule has 0 unspecified atom stereocenters. The highest BCUT2D eigenvalue weighted by Crippen LogP contribution is 2.29. The van der Waals surface area contributed by atoms with Crippen LogP contribution in [0.25, 0.3) is 0 Å². The van der Waals surface area contributed by atoms with Gasteiger partial charge in [-0.15, -0.1) is 0 Å². The van der Waals surface area contributed by atoms with Crippen LogP contribution in [0.3, 0.4) is 0 Å². The van der Waals surface area contributed by atoms with Gasteiger partial charge in [-0.3, -0.25) is 9.59 Å². The van der Waals surface area contributed by atoms with Crippen molar-refractivity contribution >= 4 is 11.6 Å². The van der Waals surface area contributed by atoms with Gasteiger partial charge in [-0.1, -0.05) is 24.3 Å². The molecule has 0 bridgehead atoms. The number of ketones is 2. The summed E-state index contributed by atoms with van der Waals surface area (Å²) in [5, 5.41) is 0. The minimum absolute atomic E-state index is 0.103. The molecule has 19 heavy (non-hydrogen) atoms. The van der Waals surface area contributed by atoms with Crippen LogP contribution in [0.2, 0.25) is 0 Å². The molecule has 0 aromatic heterocycles. The zero-order chi connectivity index (χ0) is 13.4. The van der Waals surface area contributed by atoms with E-state index < -0.39 is 0 Å². The summed E-state index contributed by atoms with van der Waals surface area (Å²) in [7, 11) is 0. The number of ether oxygens (including phenoxy) is 1. The lowest BCUT2D eigenvalue weighted by Crippen LogP contribution is -2.20. The summed E-state index contributed by atoms with van der Waals surface area (Å²) in [4.78, 5) is 24.7. The molecule has 3 heteroatoms. The maximum atomic E-state index is 12.4. The van der Waals surface area contributed by atoms with E-state index in [1.807, 2.05) is 6.92 Å². The average molecular weight is 252 g/mol. The Morgan fingerprint density at radius 2 is 1.42 bits per heavy atom.